The summed E-state index contributed by atoms with van der Waals surface area (Å²) in [5.41, 5.74) is -0.887. The summed E-state index contributed by atoms with van der Waals surface area (Å²) in [4.78, 5) is 9.21. The summed E-state index contributed by atoms with van der Waals surface area (Å²) < 4.78 is 43.9. The first kappa shape index (κ1) is 15.5. The van der Waals surface area contributed by atoms with Gasteiger partial charge in [0.15, 0.2) is 0 Å². The van der Waals surface area contributed by atoms with E-state index < -0.39 is 32.5 Å². The number of hydrogen-bond donors (Lipinski definition) is 1. The third kappa shape index (κ3) is 3.94. The third-order valence-corrected chi connectivity index (χ3v) is 3.78. The smallest absolute Gasteiger partial charge is 0.306 e. The van der Waals surface area contributed by atoms with Crippen molar-refractivity contribution in [1.29, 1.82) is 0 Å². The molecule has 19 heavy (non-hydrogen) atoms. The maximum Gasteiger partial charge on any atom is 0.306 e. The Bertz CT molecular complexity index is 575. The summed E-state index contributed by atoms with van der Waals surface area (Å²) >= 11 is 0. The first-order chi connectivity index (χ1) is 8.77. The van der Waals surface area contributed by atoms with E-state index in [0.717, 1.165) is 12.1 Å². The number of nitro benzene ring substituents is 1. The molecule has 0 aliphatic carbocycles. The van der Waals surface area contributed by atoms with Crippen LogP contribution in [-0.2, 0) is 14.8 Å². The highest BCUT2D eigenvalue weighted by Crippen LogP contribution is 2.21. The van der Waals surface area contributed by atoms with Crippen LogP contribution in [0.3, 0.4) is 0 Å². The number of sulfonamides is 1. The van der Waals surface area contributed by atoms with Gasteiger partial charge in [-0.25, -0.2) is 13.1 Å². The molecule has 1 atom stereocenters. The van der Waals surface area contributed by atoms with Crippen LogP contribution in [0.5, 0.6) is 0 Å². The summed E-state index contributed by atoms with van der Waals surface area (Å²) in [7, 11) is -2.55. The minimum atomic E-state index is -3.96. The normalized spacial score (nSPS) is 13.2. The Hall–Kier alpha value is -1.58. The molecule has 0 fully saturated rings. The zero-order chi connectivity index (χ0) is 14.6. The van der Waals surface area contributed by atoms with Crippen LogP contribution in [0, 0.1) is 15.9 Å². The third-order valence-electron chi connectivity index (χ3n) is 2.20. The van der Waals surface area contributed by atoms with E-state index in [4.69, 9.17) is 4.74 Å². The molecule has 1 rings (SSSR count). The van der Waals surface area contributed by atoms with Gasteiger partial charge in [-0.15, -0.1) is 0 Å². The second-order valence-electron chi connectivity index (χ2n) is 3.85. The highest BCUT2D eigenvalue weighted by molar-refractivity contribution is 7.89. The lowest BCUT2D eigenvalue weighted by Gasteiger charge is -2.13. The van der Waals surface area contributed by atoms with Crippen molar-refractivity contribution < 1.29 is 22.5 Å². The maximum absolute atomic E-state index is 13.1. The Morgan fingerprint density at radius 1 is 1.53 bits per heavy atom. The molecule has 0 saturated carbocycles. The largest absolute Gasteiger partial charge is 0.383 e. The van der Waals surface area contributed by atoms with Gasteiger partial charge in [0.2, 0.25) is 15.8 Å². The van der Waals surface area contributed by atoms with Crippen molar-refractivity contribution in [2.45, 2.75) is 17.9 Å². The molecule has 106 valence electrons. The van der Waals surface area contributed by atoms with Crippen molar-refractivity contribution in [3.63, 3.8) is 0 Å². The first-order valence-corrected chi connectivity index (χ1v) is 6.71. The highest BCUT2D eigenvalue weighted by Gasteiger charge is 2.22. The monoisotopic (exact) mass is 292 g/mol. The predicted molar refractivity (Wildman–Crippen MR) is 64.7 cm³/mol. The number of hydrogen-bond acceptors (Lipinski definition) is 5. The van der Waals surface area contributed by atoms with Crippen LogP contribution in [0.15, 0.2) is 23.1 Å². The average molecular weight is 292 g/mol. The summed E-state index contributed by atoms with van der Waals surface area (Å²) in [6.07, 6.45) is 0. The van der Waals surface area contributed by atoms with Gasteiger partial charge in [-0.2, -0.15) is 4.39 Å². The number of benzene rings is 1. The van der Waals surface area contributed by atoms with Gasteiger partial charge in [0.05, 0.1) is 16.4 Å². The Labute approximate surface area is 109 Å². The molecule has 9 heteroatoms. The SMILES string of the molecule is COC[C@H](C)NS(=O)(=O)c1ccc(F)c([N+](=O)[O-])c1. The molecular weight excluding hydrogens is 279 g/mol. The lowest BCUT2D eigenvalue weighted by atomic mass is 10.3. The number of halogens is 1. The maximum atomic E-state index is 13.1. The lowest BCUT2D eigenvalue weighted by molar-refractivity contribution is -0.387. The minimum absolute atomic E-state index is 0.141. The summed E-state index contributed by atoms with van der Waals surface area (Å²) in [6, 6.07) is 1.87. The molecule has 0 bridgehead atoms. The molecule has 1 aromatic rings. The van der Waals surface area contributed by atoms with Gasteiger partial charge in [0, 0.05) is 19.2 Å². The molecule has 0 saturated heterocycles. The highest BCUT2D eigenvalue weighted by atomic mass is 32.2. The Kier molecular flexibility index (Phi) is 4.92. The van der Waals surface area contributed by atoms with E-state index >= 15 is 0 Å². The zero-order valence-corrected chi connectivity index (χ0v) is 11.1. The number of nitro groups is 1. The molecule has 7 nitrogen and oxygen atoms in total. The second kappa shape index (κ2) is 6.04. The molecule has 0 heterocycles. The average Bonchev–Trinajstić information content (AvgIpc) is 2.28. The standard InChI is InChI=1S/C10H13FN2O5S/c1-7(6-18-2)12-19(16,17)8-3-4-9(11)10(5-8)13(14)15/h3-5,7,12H,6H2,1-2H3/t7-/m0/s1. The molecular formula is C10H13FN2O5S. The van der Waals surface area contributed by atoms with Gasteiger partial charge >= 0.3 is 5.69 Å². The van der Waals surface area contributed by atoms with Gasteiger partial charge in [0.25, 0.3) is 0 Å². The van der Waals surface area contributed by atoms with Crippen LogP contribution in [0.4, 0.5) is 10.1 Å². The molecule has 1 aromatic carbocycles. The molecule has 0 aromatic heterocycles. The van der Waals surface area contributed by atoms with Crippen LogP contribution in [0.25, 0.3) is 0 Å². The van der Waals surface area contributed by atoms with Crippen LogP contribution in [0.2, 0.25) is 0 Å². The van der Waals surface area contributed by atoms with Crippen LogP contribution >= 0.6 is 0 Å². The van der Waals surface area contributed by atoms with Crippen molar-refractivity contribution in [2.24, 2.45) is 0 Å². The van der Waals surface area contributed by atoms with E-state index in [1.165, 1.54) is 7.11 Å². The molecule has 0 radical (unpaired) electrons. The molecule has 0 aliphatic rings. The van der Waals surface area contributed by atoms with Crippen molar-refractivity contribution in [3.8, 4) is 0 Å². The van der Waals surface area contributed by atoms with E-state index in [1.54, 1.807) is 6.92 Å². The number of ether oxygens (including phenoxy) is 1. The summed E-state index contributed by atoms with van der Waals surface area (Å²) in [6.45, 7) is 1.71. The number of methoxy groups -OCH3 is 1. The Balaban J connectivity index is 3.08. The fourth-order valence-electron chi connectivity index (χ4n) is 1.42. The van der Waals surface area contributed by atoms with Gasteiger partial charge in [-0.3, -0.25) is 10.1 Å². The molecule has 0 aliphatic heterocycles. The Morgan fingerprint density at radius 2 is 2.16 bits per heavy atom. The number of nitrogens with zero attached hydrogens (tertiary/aromatic N) is 1. The summed E-state index contributed by atoms with van der Waals surface area (Å²) in [5, 5.41) is 10.6. The Morgan fingerprint density at radius 3 is 2.68 bits per heavy atom. The van der Waals surface area contributed by atoms with Crippen LogP contribution < -0.4 is 4.72 Å². The molecule has 0 spiro atoms. The van der Waals surface area contributed by atoms with Crippen molar-refractivity contribution in [1.82, 2.24) is 4.72 Å². The first-order valence-electron chi connectivity index (χ1n) is 5.23. The van der Waals surface area contributed by atoms with Gasteiger partial charge < -0.3 is 4.74 Å². The fraction of sp³-hybridized carbons (Fsp3) is 0.400. The lowest BCUT2D eigenvalue weighted by Crippen LogP contribution is -2.35. The van der Waals surface area contributed by atoms with E-state index in [0.29, 0.717) is 6.07 Å². The van der Waals surface area contributed by atoms with Crippen molar-refractivity contribution in [2.75, 3.05) is 13.7 Å². The minimum Gasteiger partial charge on any atom is -0.383 e. The van der Waals surface area contributed by atoms with Crippen molar-refractivity contribution >= 4 is 15.7 Å². The number of rotatable bonds is 6. The van der Waals surface area contributed by atoms with Crippen molar-refractivity contribution in [3.05, 3.63) is 34.1 Å². The van der Waals surface area contributed by atoms with E-state index in [-0.39, 0.29) is 11.5 Å². The zero-order valence-electron chi connectivity index (χ0n) is 10.3. The molecule has 1 N–H and O–H groups in total. The summed E-state index contributed by atoms with van der Waals surface area (Å²) in [5.74, 6) is -1.09. The fourth-order valence-corrected chi connectivity index (χ4v) is 2.66. The van der Waals surface area contributed by atoms with E-state index in [1.807, 2.05) is 0 Å². The number of nitrogens with one attached hydrogen (secondary N) is 1. The second-order valence-corrected chi connectivity index (χ2v) is 5.56. The predicted octanol–water partition coefficient (Wildman–Crippen LogP) is 1.05. The van der Waals surface area contributed by atoms with E-state index in [9.17, 15) is 22.9 Å². The van der Waals surface area contributed by atoms with Gasteiger partial charge in [-0.1, -0.05) is 0 Å². The van der Waals surface area contributed by atoms with Crippen LogP contribution in [-0.4, -0.2) is 33.1 Å². The quantitative estimate of drug-likeness (QED) is 0.624. The molecule has 0 unspecified atom stereocenters. The van der Waals surface area contributed by atoms with E-state index in [2.05, 4.69) is 4.72 Å². The van der Waals surface area contributed by atoms with Gasteiger partial charge in [-0.05, 0) is 19.1 Å². The molecule has 0 amide bonds. The topological polar surface area (TPSA) is 98.5 Å². The van der Waals surface area contributed by atoms with Gasteiger partial charge in [0.1, 0.15) is 0 Å². The van der Waals surface area contributed by atoms with Crippen LogP contribution in [0.1, 0.15) is 6.92 Å².